The Labute approximate surface area is 88.2 Å². The lowest BCUT2D eigenvalue weighted by atomic mass is 10.0. The highest BCUT2D eigenvalue weighted by molar-refractivity contribution is 9.10. The standard InChI is InChI=1S/C9H9BrF3N/c10-5-1-2-7(11)6(3-5)8(14)4-9(12)13/h1-3,8-9H,4,14H2/t8-/m1/s1. The van der Waals surface area contributed by atoms with Crippen molar-refractivity contribution in [1.29, 1.82) is 0 Å². The SMILES string of the molecule is N[C@H](CC(F)F)c1cc(Br)ccc1F. The summed E-state index contributed by atoms with van der Waals surface area (Å²) in [6, 6.07) is 3.15. The van der Waals surface area contributed by atoms with Crippen molar-refractivity contribution in [2.24, 2.45) is 5.73 Å². The second-order valence-electron chi connectivity index (χ2n) is 2.90. The largest absolute Gasteiger partial charge is 0.324 e. The predicted molar refractivity (Wildman–Crippen MR) is 51.6 cm³/mol. The van der Waals surface area contributed by atoms with Gasteiger partial charge in [0.2, 0.25) is 6.43 Å². The molecule has 1 rings (SSSR count). The average Bonchev–Trinajstić information content (AvgIpc) is 2.08. The molecule has 0 amide bonds. The van der Waals surface area contributed by atoms with Crippen LogP contribution in [0.4, 0.5) is 13.2 Å². The molecule has 0 heterocycles. The summed E-state index contributed by atoms with van der Waals surface area (Å²) in [6.45, 7) is 0. The zero-order chi connectivity index (χ0) is 10.7. The molecule has 14 heavy (non-hydrogen) atoms. The molecule has 0 radical (unpaired) electrons. The van der Waals surface area contributed by atoms with Crippen molar-refractivity contribution in [3.05, 3.63) is 34.1 Å². The molecule has 0 aliphatic rings. The lowest BCUT2D eigenvalue weighted by Gasteiger charge is -2.12. The van der Waals surface area contributed by atoms with Crippen molar-refractivity contribution >= 4 is 15.9 Å². The van der Waals surface area contributed by atoms with Gasteiger partial charge in [-0.15, -0.1) is 0 Å². The Morgan fingerprint density at radius 3 is 2.57 bits per heavy atom. The van der Waals surface area contributed by atoms with E-state index in [1.807, 2.05) is 0 Å². The Bertz CT molecular complexity index is 317. The molecule has 0 aromatic heterocycles. The zero-order valence-electron chi connectivity index (χ0n) is 7.18. The van der Waals surface area contributed by atoms with Crippen LogP contribution in [0, 0.1) is 5.82 Å². The van der Waals surface area contributed by atoms with Crippen molar-refractivity contribution in [3.63, 3.8) is 0 Å². The van der Waals surface area contributed by atoms with Gasteiger partial charge >= 0.3 is 0 Å². The first kappa shape index (κ1) is 11.5. The predicted octanol–water partition coefficient (Wildman–Crippen LogP) is 3.24. The first-order chi connectivity index (χ1) is 6.50. The van der Waals surface area contributed by atoms with Crippen LogP contribution in [0.3, 0.4) is 0 Å². The van der Waals surface area contributed by atoms with Crippen LogP contribution >= 0.6 is 15.9 Å². The summed E-state index contributed by atoms with van der Waals surface area (Å²) >= 11 is 3.12. The molecule has 2 N–H and O–H groups in total. The smallest absolute Gasteiger partial charge is 0.240 e. The number of hydrogen-bond donors (Lipinski definition) is 1. The van der Waals surface area contributed by atoms with Gasteiger partial charge in [-0.3, -0.25) is 0 Å². The minimum atomic E-state index is -2.52. The molecule has 1 aromatic rings. The van der Waals surface area contributed by atoms with Gasteiger partial charge in [0.15, 0.2) is 0 Å². The summed E-state index contributed by atoms with van der Waals surface area (Å²) < 4.78 is 37.7. The van der Waals surface area contributed by atoms with Gasteiger partial charge in [-0.2, -0.15) is 0 Å². The van der Waals surface area contributed by atoms with Crippen molar-refractivity contribution in [1.82, 2.24) is 0 Å². The molecule has 0 aliphatic heterocycles. The fourth-order valence-corrected chi connectivity index (χ4v) is 1.50. The summed E-state index contributed by atoms with van der Waals surface area (Å²) in [5.41, 5.74) is 5.54. The van der Waals surface area contributed by atoms with Gasteiger partial charge in [-0.25, -0.2) is 13.2 Å². The van der Waals surface area contributed by atoms with E-state index in [4.69, 9.17) is 5.73 Å². The van der Waals surface area contributed by atoms with Crippen LogP contribution in [0.15, 0.2) is 22.7 Å². The Morgan fingerprint density at radius 2 is 2.00 bits per heavy atom. The molecule has 1 atom stereocenters. The maximum absolute atomic E-state index is 13.1. The molecule has 0 saturated heterocycles. The summed E-state index contributed by atoms with van der Waals surface area (Å²) in [5, 5.41) is 0. The third kappa shape index (κ3) is 2.99. The monoisotopic (exact) mass is 267 g/mol. The molecule has 0 spiro atoms. The Morgan fingerprint density at radius 1 is 1.36 bits per heavy atom. The van der Waals surface area contributed by atoms with Gasteiger partial charge in [-0.05, 0) is 18.2 Å². The fraction of sp³-hybridized carbons (Fsp3) is 0.333. The second-order valence-corrected chi connectivity index (χ2v) is 3.81. The van der Waals surface area contributed by atoms with E-state index in [-0.39, 0.29) is 5.56 Å². The molecule has 1 aromatic carbocycles. The van der Waals surface area contributed by atoms with Crippen molar-refractivity contribution in [3.8, 4) is 0 Å². The molecule has 0 bridgehead atoms. The minimum absolute atomic E-state index is 0.111. The van der Waals surface area contributed by atoms with Crippen LogP contribution in [0.1, 0.15) is 18.0 Å². The molecule has 5 heteroatoms. The van der Waals surface area contributed by atoms with E-state index in [9.17, 15) is 13.2 Å². The number of hydrogen-bond acceptors (Lipinski definition) is 1. The lowest BCUT2D eigenvalue weighted by molar-refractivity contribution is 0.128. The summed E-state index contributed by atoms with van der Waals surface area (Å²) in [7, 11) is 0. The van der Waals surface area contributed by atoms with Gasteiger partial charge in [-0.1, -0.05) is 15.9 Å². The molecule has 1 nitrogen and oxygen atoms in total. The van der Waals surface area contributed by atoms with Crippen LogP contribution in [-0.4, -0.2) is 6.43 Å². The van der Waals surface area contributed by atoms with E-state index < -0.39 is 24.7 Å². The van der Waals surface area contributed by atoms with Crippen LogP contribution in [0.25, 0.3) is 0 Å². The first-order valence-corrected chi connectivity index (χ1v) is 4.78. The van der Waals surface area contributed by atoms with Gasteiger partial charge in [0.05, 0.1) is 0 Å². The highest BCUT2D eigenvalue weighted by atomic mass is 79.9. The highest BCUT2D eigenvalue weighted by Crippen LogP contribution is 2.24. The third-order valence-corrected chi connectivity index (χ3v) is 2.28. The van der Waals surface area contributed by atoms with E-state index in [1.165, 1.54) is 18.2 Å². The topological polar surface area (TPSA) is 26.0 Å². The number of alkyl halides is 2. The number of benzene rings is 1. The highest BCUT2D eigenvalue weighted by Gasteiger charge is 2.16. The van der Waals surface area contributed by atoms with Crippen molar-refractivity contribution < 1.29 is 13.2 Å². The maximum Gasteiger partial charge on any atom is 0.240 e. The van der Waals surface area contributed by atoms with E-state index in [0.29, 0.717) is 4.47 Å². The summed E-state index contributed by atoms with van der Waals surface area (Å²) in [6.07, 6.45) is -3.06. The zero-order valence-corrected chi connectivity index (χ0v) is 8.77. The molecule has 0 fully saturated rings. The number of halogens is 4. The first-order valence-electron chi connectivity index (χ1n) is 3.99. The number of nitrogens with two attached hydrogens (primary N) is 1. The van der Waals surface area contributed by atoms with Crippen molar-refractivity contribution in [2.75, 3.05) is 0 Å². The summed E-state index contributed by atoms with van der Waals surface area (Å²) in [5.74, 6) is -0.554. The summed E-state index contributed by atoms with van der Waals surface area (Å²) in [4.78, 5) is 0. The molecule has 78 valence electrons. The van der Waals surface area contributed by atoms with Crippen molar-refractivity contribution in [2.45, 2.75) is 18.9 Å². The van der Waals surface area contributed by atoms with E-state index in [2.05, 4.69) is 15.9 Å². The third-order valence-electron chi connectivity index (χ3n) is 1.79. The molecule has 0 unspecified atom stereocenters. The van der Waals surface area contributed by atoms with Gasteiger partial charge in [0.1, 0.15) is 5.82 Å². The minimum Gasteiger partial charge on any atom is -0.324 e. The van der Waals surface area contributed by atoms with Gasteiger partial charge in [0.25, 0.3) is 0 Å². The molecular formula is C9H9BrF3N. The van der Waals surface area contributed by atoms with Crippen LogP contribution in [-0.2, 0) is 0 Å². The van der Waals surface area contributed by atoms with Gasteiger partial charge < -0.3 is 5.73 Å². The maximum atomic E-state index is 13.1. The Kier molecular flexibility index (Phi) is 3.95. The quantitative estimate of drug-likeness (QED) is 0.894. The Hall–Kier alpha value is -0.550. The molecule has 0 saturated carbocycles. The fourth-order valence-electron chi connectivity index (χ4n) is 1.12. The number of rotatable bonds is 3. The van der Waals surface area contributed by atoms with E-state index in [0.717, 1.165) is 0 Å². The van der Waals surface area contributed by atoms with E-state index in [1.54, 1.807) is 0 Å². The molecule has 0 aliphatic carbocycles. The van der Waals surface area contributed by atoms with Crippen LogP contribution < -0.4 is 5.73 Å². The van der Waals surface area contributed by atoms with Crippen LogP contribution in [0.5, 0.6) is 0 Å². The second kappa shape index (κ2) is 4.79. The van der Waals surface area contributed by atoms with Gasteiger partial charge in [0, 0.05) is 22.5 Å². The molecular weight excluding hydrogens is 259 g/mol. The normalized spacial score (nSPS) is 13.3. The Balaban J connectivity index is 2.88. The lowest BCUT2D eigenvalue weighted by Crippen LogP contribution is -2.15. The van der Waals surface area contributed by atoms with E-state index >= 15 is 0 Å². The average molecular weight is 268 g/mol. The van der Waals surface area contributed by atoms with Crippen LogP contribution in [0.2, 0.25) is 0 Å².